The predicted molar refractivity (Wildman–Crippen MR) is 80.8 cm³/mol. The van der Waals surface area contributed by atoms with E-state index in [1.165, 1.54) is 5.56 Å². The number of para-hydroxylation sites is 1. The Balaban J connectivity index is 1.69. The van der Waals surface area contributed by atoms with Crippen LogP contribution in [0.15, 0.2) is 54.6 Å². The molecule has 0 N–H and O–H groups in total. The molecule has 2 nitrogen and oxygen atoms in total. The van der Waals surface area contributed by atoms with Crippen molar-refractivity contribution in [3.05, 3.63) is 65.7 Å². The van der Waals surface area contributed by atoms with E-state index in [0.717, 1.165) is 24.8 Å². The highest BCUT2D eigenvalue weighted by Crippen LogP contribution is 2.17. The molecule has 0 unspecified atom stereocenters. The first-order valence-electron chi connectivity index (χ1n) is 7.06. The van der Waals surface area contributed by atoms with E-state index in [-0.39, 0.29) is 5.97 Å². The summed E-state index contributed by atoms with van der Waals surface area (Å²) in [6.07, 6.45) is 3.35. The summed E-state index contributed by atoms with van der Waals surface area (Å²) in [4.78, 5) is 11.8. The van der Waals surface area contributed by atoms with Crippen LogP contribution < -0.4 is 4.74 Å². The second kappa shape index (κ2) is 7.49. The summed E-state index contributed by atoms with van der Waals surface area (Å²) < 4.78 is 5.36. The van der Waals surface area contributed by atoms with E-state index >= 15 is 0 Å². The minimum Gasteiger partial charge on any atom is -0.426 e. The van der Waals surface area contributed by atoms with Crippen molar-refractivity contribution in [2.24, 2.45) is 0 Å². The Morgan fingerprint density at radius 3 is 2.40 bits per heavy atom. The second-order valence-corrected chi connectivity index (χ2v) is 4.93. The van der Waals surface area contributed by atoms with Crippen molar-refractivity contribution in [1.29, 1.82) is 0 Å². The van der Waals surface area contributed by atoms with Crippen molar-refractivity contribution < 1.29 is 9.53 Å². The first-order chi connectivity index (χ1) is 9.75. The maximum atomic E-state index is 11.8. The van der Waals surface area contributed by atoms with Crippen LogP contribution in [0.25, 0.3) is 0 Å². The van der Waals surface area contributed by atoms with Gasteiger partial charge in [-0.2, -0.15) is 0 Å². The maximum Gasteiger partial charge on any atom is 0.311 e. The maximum absolute atomic E-state index is 11.8. The molecule has 0 aliphatic heterocycles. The number of ether oxygens (including phenoxy) is 1. The van der Waals surface area contributed by atoms with Crippen molar-refractivity contribution >= 4 is 5.97 Å². The molecule has 2 aromatic rings. The lowest BCUT2D eigenvalue weighted by Crippen LogP contribution is -2.08. The number of unbranched alkanes of at least 4 members (excludes halogenated alkanes) is 1. The SMILES string of the molecule is Cc1ccccc1OC(=O)CCCCc1ccccc1. The van der Waals surface area contributed by atoms with E-state index < -0.39 is 0 Å². The Morgan fingerprint density at radius 2 is 1.65 bits per heavy atom. The highest BCUT2D eigenvalue weighted by atomic mass is 16.5. The molecular weight excluding hydrogens is 248 g/mol. The zero-order chi connectivity index (χ0) is 14.2. The lowest BCUT2D eigenvalue weighted by molar-refractivity contribution is -0.134. The fourth-order valence-electron chi connectivity index (χ4n) is 2.09. The van der Waals surface area contributed by atoms with Gasteiger partial charge >= 0.3 is 5.97 Å². The van der Waals surface area contributed by atoms with Crippen LogP contribution in [-0.4, -0.2) is 5.97 Å². The van der Waals surface area contributed by atoms with Crippen LogP contribution in [0, 0.1) is 6.92 Å². The van der Waals surface area contributed by atoms with E-state index in [0.29, 0.717) is 12.2 Å². The first kappa shape index (κ1) is 14.3. The van der Waals surface area contributed by atoms with E-state index in [2.05, 4.69) is 12.1 Å². The summed E-state index contributed by atoms with van der Waals surface area (Å²) >= 11 is 0. The van der Waals surface area contributed by atoms with E-state index in [1.54, 1.807) is 0 Å². The number of aryl methyl sites for hydroxylation is 2. The second-order valence-electron chi connectivity index (χ2n) is 4.93. The molecule has 2 aromatic carbocycles. The number of carbonyl (C=O) groups excluding carboxylic acids is 1. The van der Waals surface area contributed by atoms with Gasteiger partial charge in [0.25, 0.3) is 0 Å². The molecule has 0 atom stereocenters. The van der Waals surface area contributed by atoms with Crippen molar-refractivity contribution in [2.75, 3.05) is 0 Å². The molecule has 0 heterocycles. The smallest absolute Gasteiger partial charge is 0.311 e. The summed E-state index contributed by atoms with van der Waals surface area (Å²) in [5, 5.41) is 0. The van der Waals surface area contributed by atoms with Crippen LogP contribution in [0.2, 0.25) is 0 Å². The van der Waals surface area contributed by atoms with Gasteiger partial charge in [0.1, 0.15) is 5.75 Å². The molecule has 0 bridgehead atoms. The van der Waals surface area contributed by atoms with Crippen molar-refractivity contribution in [3.63, 3.8) is 0 Å². The Kier molecular flexibility index (Phi) is 5.36. The number of rotatable bonds is 6. The molecule has 0 spiro atoms. The highest BCUT2D eigenvalue weighted by Gasteiger charge is 2.06. The van der Waals surface area contributed by atoms with Gasteiger partial charge in [-0.15, -0.1) is 0 Å². The van der Waals surface area contributed by atoms with Crippen molar-refractivity contribution in [1.82, 2.24) is 0 Å². The Labute approximate surface area is 120 Å². The fourth-order valence-corrected chi connectivity index (χ4v) is 2.09. The normalized spacial score (nSPS) is 10.2. The molecule has 0 aliphatic carbocycles. The van der Waals surface area contributed by atoms with Crippen LogP contribution in [-0.2, 0) is 11.2 Å². The van der Waals surface area contributed by atoms with Gasteiger partial charge in [0.2, 0.25) is 0 Å². The van der Waals surface area contributed by atoms with Gasteiger partial charge in [-0.25, -0.2) is 0 Å². The molecule has 20 heavy (non-hydrogen) atoms. The van der Waals surface area contributed by atoms with Gasteiger partial charge in [0.15, 0.2) is 0 Å². The minimum atomic E-state index is -0.146. The Hall–Kier alpha value is -2.09. The third-order valence-corrected chi connectivity index (χ3v) is 3.26. The monoisotopic (exact) mass is 268 g/mol. The minimum absolute atomic E-state index is 0.146. The zero-order valence-corrected chi connectivity index (χ0v) is 11.8. The lowest BCUT2D eigenvalue weighted by atomic mass is 10.1. The molecule has 0 radical (unpaired) electrons. The number of hydrogen-bond donors (Lipinski definition) is 0. The molecule has 104 valence electrons. The predicted octanol–water partition coefficient (Wildman–Crippen LogP) is 4.31. The molecule has 0 amide bonds. The average molecular weight is 268 g/mol. The van der Waals surface area contributed by atoms with Crippen LogP contribution in [0.3, 0.4) is 0 Å². The van der Waals surface area contributed by atoms with Crippen LogP contribution in [0.1, 0.15) is 30.4 Å². The number of esters is 1. The summed E-state index contributed by atoms with van der Waals surface area (Å²) in [6, 6.07) is 17.9. The van der Waals surface area contributed by atoms with Gasteiger partial charge in [-0.1, -0.05) is 48.5 Å². The molecule has 2 heteroatoms. The third-order valence-electron chi connectivity index (χ3n) is 3.26. The third kappa shape index (κ3) is 4.54. The molecule has 0 aromatic heterocycles. The highest BCUT2D eigenvalue weighted by molar-refractivity contribution is 5.72. The van der Waals surface area contributed by atoms with Crippen molar-refractivity contribution in [2.45, 2.75) is 32.6 Å². The Bertz CT molecular complexity index is 546. The van der Waals surface area contributed by atoms with Gasteiger partial charge < -0.3 is 4.74 Å². The summed E-state index contributed by atoms with van der Waals surface area (Å²) in [5.74, 6) is 0.521. The largest absolute Gasteiger partial charge is 0.426 e. The molecule has 0 fully saturated rings. The number of benzene rings is 2. The van der Waals surface area contributed by atoms with Gasteiger partial charge in [0.05, 0.1) is 0 Å². The topological polar surface area (TPSA) is 26.3 Å². The van der Waals surface area contributed by atoms with E-state index in [4.69, 9.17) is 4.74 Å². The van der Waals surface area contributed by atoms with Gasteiger partial charge in [0, 0.05) is 6.42 Å². The Morgan fingerprint density at radius 1 is 0.950 bits per heavy atom. The molecule has 2 rings (SSSR count). The molecule has 0 saturated carbocycles. The number of hydrogen-bond acceptors (Lipinski definition) is 2. The fraction of sp³-hybridized carbons (Fsp3) is 0.278. The van der Waals surface area contributed by atoms with Crippen molar-refractivity contribution in [3.8, 4) is 5.75 Å². The molecule has 0 aliphatic rings. The summed E-state index contributed by atoms with van der Waals surface area (Å²) in [5.41, 5.74) is 2.31. The lowest BCUT2D eigenvalue weighted by Gasteiger charge is -2.06. The summed E-state index contributed by atoms with van der Waals surface area (Å²) in [6.45, 7) is 1.94. The van der Waals surface area contributed by atoms with E-state index in [1.807, 2.05) is 49.4 Å². The quantitative estimate of drug-likeness (QED) is 0.443. The van der Waals surface area contributed by atoms with Gasteiger partial charge in [-0.05, 0) is 43.4 Å². The van der Waals surface area contributed by atoms with E-state index in [9.17, 15) is 4.79 Å². The molecular formula is C18H20O2. The summed E-state index contributed by atoms with van der Waals surface area (Å²) in [7, 11) is 0. The zero-order valence-electron chi connectivity index (χ0n) is 11.8. The first-order valence-corrected chi connectivity index (χ1v) is 7.06. The van der Waals surface area contributed by atoms with Crippen LogP contribution in [0.5, 0.6) is 5.75 Å². The molecule has 0 saturated heterocycles. The van der Waals surface area contributed by atoms with Gasteiger partial charge in [-0.3, -0.25) is 4.79 Å². The van der Waals surface area contributed by atoms with Crippen LogP contribution in [0.4, 0.5) is 0 Å². The number of carbonyl (C=O) groups is 1. The van der Waals surface area contributed by atoms with Crippen LogP contribution >= 0.6 is 0 Å². The average Bonchev–Trinajstić information content (AvgIpc) is 2.47. The standard InChI is InChI=1S/C18H20O2/c1-15-9-5-7-13-17(15)20-18(19)14-8-6-12-16-10-3-2-4-11-16/h2-5,7,9-11,13H,6,8,12,14H2,1H3.